The molecule has 1 saturated heterocycles. The van der Waals surface area contributed by atoms with Crippen LogP contribution in [-0.4, -0.2) is 82.2 Å². The average molecular weight is 532 g/mol. The molecule has 1 aliphatic rings. The van der Waals surface area contributed by atoms with Crippen LogP contribution in [0.25, 0.3) is 16.9 Å². The first-order valence-corrected chi connectivity index (χ1v) is 14.5. The van der Waals surface area contributed by atoms with Crippen molar-refractivity contribution in [3.63, 3.8) is 0 Å². The monoisotopic (exact) mass is 531 g/mol. The van der Waals surface area contributed by atoms with Crippen LogP contribution in [0.3, 0.4) is 0 Å². The number of aromatic amines is 1. The molecule has 4 rings (SSSR count). The number of aromatic nitrogens is 4. The van der Waals surface area contributed by atoms with Gasteiger partial charge in [-0.05, 0) is 59.2 Å². The molecular formula is C26H39N6O4S+. The maximum absolute atomic E-state index is 13.8. The third-order valence-corrected chi connectivity index (χ3v) is 9.82. The number of likely N-dealkylation sites (N-methyl/N-ethyl adjacent to an activating group) is 1. The standard InChI is InChI=1S/C26H38N6O4S/c1-8-11-23-27-19(6)24-26(33)28-25(29-31(23)24)21-14-20(12-13-22(21)36-10-3)37(34,35)30-15-17(4)32(7,9-2)18(5)16-30/h12-14,17-18H,8-11,15-16H2,1-7H3/p+1/t17-,18+,32?. The second kappa shape index (κ2) is 10.2. The number of H-pyrrole nitrogens is 1. The third kappa shape index (κ3) is 4.68. The number of imidazole rings is 1. The Labute approximate surface area is 218 Å². The van der Waals surface area contributed by atoms with Gasteiger partial charge in [-0.15, -0.1) is 5.10 Å². The lowest BCUT2D eigenvalue weighted by atomic mass is 10.1. The predicted octanol–water partition coefficient (Wildman–Crippen LogP) is 2.99. The molecule has 1 N–H and O–H groups in total. The summed E-state index contributed by atoms with van der Waals surface area (Å²) < 4.78 is 37.4. The number of nitrogens with zero attached hydrogens (tertiary/aromatic N) is 5. The van der Waals surface area contributed by atoms with Gasteiger partial charge in [0.25, 0.3) is 5.56 Å². The molecule has 0 radical (unpaired) electrons. The van der Waals surface area contributed by atoms with Gasteiger partial charge < -0.3 is 14.2 Å². The number of fused-ring (bicyclic) bond motifs is 1. The van der Waals surface area contributed by atoms with Gasteiger partial charge in [-0.25, -0.2) is 17.9 Å². The van der Waals surface area contributed by atoms with Crippen molar-refractivity contribution >= 4 is 15.5 Å². The third-order valence-electron chi connectivity index (χ3n) is 7.99. The van der Waals surface area contributed by atoms with E-state index in [1.165, 1.54) is 0 Å². The molecule has 1 fully saturated rings. The number of quaternary nitrogens is 1. The molecule has 1 aromatic carbocycles. The molecule has 2 aromatic heterocycles. The minimum Gasteiger partial charge on any atom is -0.493 e. The van der Waals surface area contributed by atoms with Gasteiger partial charge in [0.2, 0.25) is 10.0 Å². The van der Waals surface area contributed by atoms with Crippen LogP contribution >= 0.6 is 0 Å². The number of hydrogen-bond acceptors (Lipinski definition) is 6. The van der Waals surface area contributed by atoms with Crippen LogP contribution < -0.4 is 10.3 Å². The van der Waals surface area contributed by atoms with E-state index in [1.807, 2.05) is 13.8 Å². The highest BCUT2D eigenvalue weighted by Gasteiger charge is 2.44. The topological polar surface area (TPSA) is 110 Å². The zero-order chi connectivity index (χ0) is 27.1. The van der Waals surface area contributed by atoms with Gasteiger partial charge in [0.1, 0.15) is 23.7 Å². The number of ether oxygens (including phenoxy) is 1. The number of nitrogens with one attached hydrogen (secondary N) is 1. The molecule has 37 heavy (non-hydrogen) atoms. The van der Waals surface area contributed by atoms with Crippen molar-refractivity contribution in [2.45, 2.75) is 71.4 Å². The van der Waals surface area contributed by atoms with Gasteiger partial charge in [-0.2, -0.15) is 4.31 Å². The van der Waals surface area contributed by atoms with E-state index in [9.17, 15) is 13.2 Å². The molecule has 1 aliphatic heterocycles. The van der Waals surface area contributed by atoms with E-state index < -0.39 is 10.0 Å². The molecule has 0 saturated carbocycles. The van der Waals surface area contributed by atoms with E-state index in [1.54, 1.807) is 33.9 Å². The van der Waals surface area contributed by atoms with Crippen LogP contribution in [0.1, 0.15) is 52.6 Å². The Hall–Kier alpha value is -2.76. The van der Waals surface area contributed by atoms with Crippen molar-refractivity contribution in [3.05, 3.63) is 40.1 Å². The summed E-state index contributed by atoms with van der Waals surface area (Å²) in [6.07, 6.45) is 1.51. The first kappa shape index (κ1) is 27.3. The van der Waals surface area contributed by atoms with Gasteiger partial charge in [-0.3, -0.25) is 4.79 Å². The van der Waals surface area contributed by atoms with Crippen molar-refractivity contribution in [1.82, 2.24) is 23.9 Å². The minimum atomic E-state index is -3.78. The molecule has 0 amide bonds. The number of benzene rings is 1. The molecule has 0 aliphatic carbocycles. The molecule has 3 heterocycles. The van der Waals surface area contributed by atoms with Gasteiger partial charge in [0.15, 0.2) is 11.3 Å². The smallest absolute Gasteiger partial charge is 0.277 e. The van der Waals surface area contributed by atoms with E-state index in [0.717, 1.165) is 17.4 Å². The first-order chi connectivity index (χ1) is 17.5. The van der Waals surface area contributed by atoms with Crippen LogP contribution in [0, 0.1) is 6.92 Å². The fourth-order valence-corrected chi connectivity index (χ4v) is 6.95. The molecule has 3 atom stereocenters. The zero-order valence-corrected chi connectivity index (χ0v) is 23.7. The Morgan fingerprint density at radius 1 is 1.16 bits per heavy atom. The quantitative estimate of drug-likeness (QED) is 0.448. The lowest BCUT2D eigenvalue weighted by molar-refractivity contribution is -0.955. The molecule has 202 valence electrons. The van der Waals surface area contributed by atoms with Crippen LogP contribution in [0.2, 0.25) is 0 Å². The Balaban J connectivity index is 1.82. The van der Waals surface area contributed by atoms with Gasteiger partial charge in [-0.1, -0.05) is 6.92 Å². The summed E-state index contributed by atoms with van der Waals surface area (Å²) in [6.45, 7) is 14.2. The molecule has 11 heteroatoms. The molecule has 1 unspecified atom stereocenters. The Kier molecular flexibility index (Phi) is 7.51. The maximum atomic E-state index is 13.8. The van der Waals surface area contributed by atoms with E-state index in [4.69, 9.17) is 4.74 Å². The van der Waals surface area contributed by atoms with Gasteiger partial charge in [0, 0.05) is 6.42 Å². The summed E-state index contributed by atoms with van der Waals surface area (Å²) in [5, 5.41) is 4.69. The van der Waals surface area contributed by atoms with E-state index in [2.05, 4.69) is 42.9 Å². The number of piperazine rings is 1. The largest absolute Gasteiger partial charge is 0.493 e. The second-order valence-corrected chi connectivity index (χ2v) is 12.1. The Morgan fingerprint density at radius 3 is 2.43 bits per heavy atom. The number of aryl methyl sites for hydroxylation is 2. The normalized spacial score (nSPS) is 23.0. The first-order valence-electron chi connectivity index (χ1n) is 13.1. The SMILES string of the molecule is CCCc1nc(C)c2c(=O)[nH]c(-c3cc(S(=O)(=O)N4C[C@@H](C)[N+](C)(CC)[C@@H](C)C4)ccc3OCC)nn12. The van der Waals surface area contributed by atoms with E-state index >= 15 is 0 Å². The second-order valence-electron chi connectivity index (χ2n) is 10.2. The highest BCUT2D eigenvalue weighted by Crippen LogP contribution is 2.33. The summed E-state index contributed by atoms with van der Waals surface area (Å²) in [4.78, 5) is 20.6. The van der Waals surface area contributed by atoms with Crippen molar-refractivity contribution in [2.24, 2.45) is 0 Å². The summed E-state index contributed by atoms with van der Waals surface area (Å²) in [5.74, 6) is 1.38. The highest BCUT2D eigenvalue weighted by atomic mass is 32.2. The van der Waals surface area contributed by atoms with Crippen LogP contribution in [0.5, 0.6) is 5.75 Å². The predicted molar refractivity (Wildman–Crippen MR) is 143 cm³/mol. The summed E-state index contributed by atoms with van der Waals surface area (Å²) in [5.41, 5.74) is 1.09. The Bertz CT molecular complexity index is 1450. The van der Waals surface area contributed by atoms with Crippen molar-refractivity contribution in [3.8, 4) is 17.1 Å². The fraction of sp³-hybridized carbons (Fsp3) is 0.577. The van der Waals surface area contributed by atoms with Crippen LogP contribution in [0.4, 0.5) is 0 Å². The highest BCUT2D eigenvalue weighted by molar-refractivity contribution is 7.89. The van der Waals surface area contributed by atoms with Crippen LogP contribution in [-0.2, 0) is 16.4 Å². The average Bonchev–Trinajstić information content (AvgIpc) is 3.18. The number of rotatable bonds is 8. The minimum absolute atomic E-state index is 0.149. The summed E-state index contributed by atoms with van der Waals surface area (Å²) >= 11 is 0. The number of sulfonamides is 1. The zero-order valence-electron chi connectivity index (χ0n) is 22.9. The van der Waals surface area contributed by atoms with Crippen molar-refractivity contribution in [1.29, 1.82) is 0 Å². The molecule has 10 nitrogen and oxygen atoms in total. The van der Waals surface area contributed by atoms with Crippen molar-refractivity contribution < 1.29 is 17.6 Å². The summed E-state index contributed by atoms with van der Waals surface area (Å²) in [7, 11) is -1.59. The van der Waals surface area contributed by atoms with Gasteiger partial charge in [0.05, 0.1) is 49.4 Å². The van der Waals surface area contributed by atoms with E-state index in [0.29, 0.717) is 54.5 Å². The molecule has 3 aromatic rings. The Morgan fingerprint density at radius 2 is 1.84 bits per heavy atom. The fourth-order valence-electron chi connectivity index (χ4n) is 5.32. The molecule has 0 spiro atoms. The number of hydrogen-bond donors (Lipinski definition) is 1. The molecule has 0 bridgehead atoms. The lowest BCUT2D eigenvalue weighted by Crippen LogP contribution is -2.67. The van der Waals surface area contributed by atoms with Crippen LogP contribution in [0.15, 0.2) is 27.9 Å². The molecular weight excluding hydrogens is 492 g/mol. The maximum Gasteiger partial charge on any atom is 0.277 e. The van der Waals surface area contributed by atoms with Gasteiger partial charge >= 0.3 is 0 Å². The lowest BCUT2D eigenvalue weighted by Gasteiger charge is -2.50. The van der Waals surface area contributed by atoms with Crippen molar-refractivity contribution in [2.75, 3.05) is 33.3 Å². The van der Waals surface area contributed by atoms with E-state index in [-0.39, 0.29) is 28.4 Å². The summed E-state index contributed by atoms with van der Waals surface area (Å²) in [6, 6.07) is 5.10.